The zero-order valence-corrected chi connectivity index (χ0v) is 10.5. The summed E-state index contributed by atoms with van der Waals surface area (Å²) in [7, 11) is 1.97. The molecule has 1 aromatic rings. The van der Waals surface area contributed by atoms with E-state index < -0.39 is 0 Å². The zero-order valence-electron chi connectivity index (χ0n) is 10.5. The Labute approximate surface area is 97.5 Å². The lowest BCUT2D eigenvalue weighted by atomic mass is 9.92. The fraction of sp³-hybridized carbons (Fsp3) is 0.833. The van der Waals surface area contributed by atoms with Crippen LogP contribution in [0.3, 0.4) is 0 Å². The third kappa shape index (κ3) is 3.04. The summed E-state index contributed by atoms with van der Waals surface area (Å²) in [6.45, 7) is 5.68. The molecule has 0 radical (unpaired) electrons. The summed E-state index contributed by atoms with van der Waals surface area (Å²) in [5.41, 5.74) is 0. The molecule has 0 aliphatic heterocycles. The maximum absolute atomic E-state index is 4.30. The summed E-state index contributed by atoms with van der Waals surface area (Å²) in [4.78, 5) is 4.30. The van der Waals surface area contributed by atoms with Gasteiger partial charge in [-0.15, -0.1) is 0 Å². The lowest BCUT2D eigenvalue weighted by Crippen LogP contribution is -2.30. The highest BCUT2D eigenvalue weighted by Crippen LogP contribution is 2.21. The molecular formula is C12H22N4. The number of nitrogens with one attached hydrogen (secondary N) is 1. The minimum absolute atomic E-state index is 0.656. The van der Waals surface area contributed by atoms with Crippen molar-refractivity contribution in [2.75, 3.05) is 6.54 Å². The van der Waals surface area contributed by atoms with Crippen molar-refractivity contribution in [3.8, 4) is 0 Å². The molecule has 1 unspecified atom stereocenters. The average Bonchev–Trinajstić information content (AvgIpc) is 2.97. The van der Waals surface area contributed by atoms with E-state index in [4.69, 9.17) is 0 Å². The largest absolute Gasteiger partial charge is 0.314 e. The molecule has 16 heavy (non-hydrogen) atoms. The second-order valence-corrected chi connectivity index (χ2v) is 5.19. The highest BCUT2D eigenvalue weighted by molar-refractivity contribution is 4.89. The van der Waals surface area contributed by atoms with Gasteiger partial charge in [-0.2, -0.15) is 5.10 Å². The van der Waals surface area contributed by atoms with Crippen LogP contribution in [0.5, 0.6) is 0 Å². The number of hydrogen-bond acceptors (Lipinski definition) is 3. The standard InChI is InChI=1S/C12H22N4/c1-9(2)10(7-13-11-4-5-11)6-12-14-8-15-16(12)3/h8-11,13H,4-7H2,1-3H3. The van der Waals surface area contributed by atoms with Crippen LogP contribution in [0.1, 0.15) is 32.5 Å². The Bertz CT molecular complexity index is 328. The summed E-state index contributed by atoms with van der Waals surface area (Å²) in [5, 5.41) is 7.73. The molecule has 90 valence electrons. The van der Waals surface area contributed by atoms with Crippen LogP contribution in [0.2, 0.25) is 0 Å². The quantitative estimate of drug-likeness (QED) is 0.791. The number of aryl methyl sites for hydroxylation is 1. The second kappa shape index (κ2) is 4.95. The number of rotatable bonds is 6. The third-order valence-electron chi connectivity index (χ3n) is 3.44. The van der Waals surface area contributed by atoms with Crippen molar-refractivity contribution < 1.29 is 0 Å². The molecule has 1 saturated carbocycles. The number of nitrogens with zero attached hydrogens (tertiary/aromatic N) is 3. The molecule has 1 N–H and O–H groups in total. The molecule has 1 aliphatic rings. The van der Waals surface area contributed by atoms with Gasteiger partial charge in [-0.1, -0.05) is 13.8 Å². The van der Waals surface area contributed by atoms with Gasteiger partial charge >= 0.3 is 0 Å². The topological polar surface area (TPSA) is 42.7 Å². The van der Waals surface area contributed by atoms with E-state index in [9.17, 15) is 0 Å². The summed E-state index contributed by atoms with van der Waals surface area (Å²) in [5.74, 6) is 2.43. The minimum atomic E-state index is 0.656. The first-order valence-corrected chi connectivity index (χ1v) is 6.23. The smallest absolute Gasteiger partial charge is 0.138 e. The van der Waals surface area contributed by atoms with Crippen molar-refractivity contribution in [1.29, 1.82) is 0 Å². The van der Waals surface area contributed by atoms with Crippen molar-refractivity contribution >= 4 is 0 Å². The Balaban J connectivity index is 1.88. The first kappa shape index (κ1) is 11.6. The van der Waals surface area contributed by atoms with Crippen molar-refractivity contribution in [2.24, 2.45) is 18.9 Å². The van der Waals surface area contributed by atoms with Crippen LogP contribution in [0.15, 0.2) is 6.33 Å². The van der Waals surface area contributed by atoms with E-state index in [1.165, 1.54) is 12.8 Å². The van der Waals surface area contributed by atoms with E-state index >= 15 is 0 Å². The van der Waals surface area contributed by atoms with Crippen LogP contribution in [0, 0.1) is 11.8 Å². The molecule has 0 spiro atoms. The summed E-state index contributed by atoms with van der Waals surface area (Å²) >= 11 is 0. The van der Waals surface area contributed by atoms with Gasteiger partial charge in [0.05, 0.1) is 0 Å². The summed E-state index contributed by atoms with van der Waals surface area (Å²) in [6, 6.07) is 0.792. The molecule has 1 atom stereocenters. The van der Waals surface area contributed by atoms with E-state index in [1.807, 2.05) is 11.7 Å². The Morgan fingerprint density at radius 2 is 2.25 bits per heavy atom. The molecule has 0 aromatic carbocycles. The minimum Gasteiger partial charge on any atom is -0.314 e. The molecule has 1 aromatic heterocycles. The molecule has 1 aliphatic carbocycles. The van der Waals surface area contributed by atoms with Gasteiger partial charge in [0.1, 0.15) is 12.2 Å². The maximum atomic E-state index is 4.30. The van der Waals surface area contributed by atoms with E-state index in [0.29, 0.717) is 11.8 Å². The predicted octanol–water partition coefficient (Wildman–Crippen LogP) is 1.38. The van der Waals surface area contributed by atoms with Crippen molar-refractivity contribution in [3.05, 3.63) is 12.2 Å². The predicted molar refractivity (Wildman–Crippen MR) is 64.1 cm³/mol. The molecule has 4 heteroatoms. The van der Waals surface area contributed by atoms with Gasteiger partial charge < -0.3 is 5.32 Å². The van der Waals surface area contributed by atoms with E-state index in [0.717, 1.165) is 24.8 Å². The van der Waals surface area contributed by atoms with Crippen LogP contribution in [-0.2, 0) is 13.5 Å². The van der Waals surface area contributed by atoms with E-state index in [-0.39, 0.29) is 0 Å². The number of aromatic nitrogens is 3. The molecule has 1 fully saturated rings. The fourth-order valence-electron chi connectivity index (χ4n) is 1.89. The summed E-state index contributed by atoms with van der Waals surface area (Å²) in [6.07, 6.45) is 5.37. The van der Waals surface area contributed by atoms with Crippen LogP contribution in [0.25, 0.3) is 0 Å². The van der Waals surface area contributed by atoms with Gasteiger partial charge in [0.2, 0.25) is 0 Å². The van der Waals surface area contributed by atoms with Gasteiger partial charge in [0.25, 0.3) is 0 Å². The molecule has 2 rings (SSSR count). The molecule has 1 heterocycles. The summed E-state index contributed by atoms with van der Waals surface area (Å²) < 4.78 is 1.88. The molecule has 4 nitrogen and oxygen atoms in total. The molecule has 0 bridgehead atoms. The Kier molecular flexibility index (Phi) is 3.59. The van der Waals surface area contributed by atoms with Crippen molar-refractivity contribution in [2.45, 2.75) is 39.2 Å². The first-order valence-electron chi connectivity index (χ1n) is 6.23. The lowest BCUT2D eigenvalue weighted by molar-refractivity contribution is 0.349. The average molecular weight is 222 g/mol. The highest BCUT2D eigenvalue weighted by Gasteiger charge is 2.23. The Hall–Kier alpha value is -0.900. The lowest BCUT2D eigenvalue weighted by Gasteiger charge is -2.20. The van der Waals surface area contributed by atoms with Gasteiger partial charge in [-0.05, 0) is 31.2 Å². The Morgan fingerprint density at radius 3 is 2.75 bits per heavy atom. The van der Waals surface area contributed by atoms with Crippen molar-refractivity contribution in [1.82, 2.24) is 20.1 Å². The first-order chi connectivity index (χ1) is 7.66. The fourth-order valence-corrected chi connectivity index (χ4v) is 1.89. The Morgan fingerprint density at radius 1 is 1.50 bits per heavy atom. The van der Waals surface area contributed by atoms with Crippen LogP contribution in [0.4, 0.5) is 0 Å². The SMILES string of the molecule is CC(C)C(CNC1CC1)Cc1ncnn1C. The van der Waals surface area contributed by atoms with Crippen molar-refractivity contribution in [3.63, 3.8) is 0 Å². The van der Waals surface area contributed by atoms with Crippen LogP contribution >= 0.6 is 0 Å². The van der Waals surface area contributed by atoms with Crippen LogP contribution < -0.4 is 5.32 Å². The van der Waals surface area contributed by atoms with Gasteiger partial charge in [0.15, 0.2) is 0 Å². The monoisotopic (exact) mass is 222 g/mol. The second-order valence-electron chi connectivity index (χ2n) is 5.19. The molecular weight excluding hydrogens is 200 g/mol. The normalized spacial score (nSPS) is 18.0. The molecule has 0 amide bonds. The zero-order chi connectivity index (χ0) is 11.5. The third-order valence-corrected chi connectivity index (χ3v) is 3.44. The van der Waals surface area contributed by atoms with Gasteiger partial charge in [0, 0.05) is 19.5 Å². The number of hydrogen-bond donors (Lipinski definition) is 1. The van der Waals surface area contributed by atoms with E-state index in [1.54, 1.807) is 6.33 Å². The van der Waals surface area contributed by atoms with Gasteiger partial charge in [-0.3, -0.25) is 4.68 Å². The maximum Gasteiger partial charge on any atom is 0.138 e. The van der Waals surface area contributed by atoms with Crippen LogP contribution in [-0.4, -0.2) is 27.4 Å². The highest BCUT2D eigenvalue weighted by atomic mass is 15.3. The molecule has 0 saturated heterocycles. The van der Waals surface area contributed by atoms with Gasteiger partial charge in [-0.25, -0.2) is 4.98 Å². The van der Waals surface area contributed by atoms with E-state index in [2.05, 4.69) is 29.2 Å².